The number of aromatic nitrogens is 1. The van der Waals surface area contributed by atoms with E-state index in [4.69, 9.17) is 11.6 Å². The standard InChI is InChI=1S/C12H14ClN3/c1-2-14-12-10(6-5-8-15-12)16-9-4-3-7-11(16)13/h3-9,11H,2H2,1H3,(H,14,15). The number of hydrogen-bond donors (Lipinski definition) is 1. The van der Waals surface area contributed by atoms with Gasteiger partial charge < -0.3 is 10.2 Å². The fourth-order valence-electron chi connectivity index (χ4n) is 1.60. The molecule has 0 aromatic carbocycles. The van der Waals surface area contributed by atoms with Crippen LogP contribution in [0.4, 0.5) is 11.5 Å². The number of nitrogens with zero attached hydrogens (tertiary/aromatic N) is 2. The van der Waals surface area contributed by atoms with Gasteiger partial charge in [0.05, 0.1) is 5.69 Å². The summed E-state index contributed by atoms with van der Waals surface area (Å²) >= 11 is 6.22. The number of halogens is 1. The van der Waals surface area contributed by atoms with Crippen LogP contribution in [0.15, 0.2) is 42.8 Å². The summed E-state index contributed by atoms with van der Waals surface area (Å²) in [4.78, 5) is 6.29. The topological polar surface area (TPSA) is 28.2 Å². The van der Waals surface area contributed by atoms with E-state index in [9.17, 15) is 0 Å². The SMILES string of the molecule is CCNc1ncccc1N1C=CC=CC1Cl. The van der Waals surface area contributed by atoms with Gasteiger partial charge in [0.25, 0.3) is 0 Å². The lowest BCUT2D eigenvalue weighted by Crippen LogP contribution is -2.26. The van der Waals surface area contributed by atoms with Crippen LogP contribution in [0.25, 0.3) is 0 Å². The summed E-state index contributed by atoms with van der Waals surface area (Å²) in [6, 6.07) is 3.91. The summed E-state index contributed by atoms with van der Waals surface area (Å²) in [5.41, 5.74) is 0.830. The molecule has 0 amide bonds. The monoisotopic (exact) mass is 235 g/mol. The molecule has 0 saturated heterocycles. The van der Waals surface area contributed by atoms with Crippen LogP contribution in [-0.2, 0) is 0 Å². The first-order chi connectivity index (χ1) is 7.83. The number of allylic oxidation sites excluding steroid dienone is 2. The molecular formula is C12H14ClN3. The molecule has 0 saturated carbocycles. The highest BCUT2D eigenvalue weighted by atomic mass is 35.5. The normalized spacial score (nSPS) is 18.9. The Hall–Kier alpha value is -1.48. The van der Waals surface area contributed by atoms with Crippen molar-refractivity contribution in [1.29, 1.82) is 0 Å². The van der Waals surface area contributed by atoms with Gasteiger partial charge in [-0.15, -0.1) is 0 Å². The summed E-state index contributed by atoms with van der Waals surface area (Å²) in [5, 5.41) is 3.22. The minimum absolute atomic E-state index is 0.161. The number of anilines is 2. The predicted molar refractivity (Wildman–Crippen MR) is 68.8 cm³/mol. The molecule has 0 fully saturated rings. The lowest BCUT2D eigenvalue weighted by atomic mass is 10.3. The molecule has 1 atom stereocenters. The van der Waals surface area contributed by atoms with E-state index >= 15 is 0 Å². The largest absolute Gasteiger partial charge is 0.369 e. The molecule has 16 heavy (non-hydrogen) atoms. The van der Waals surface area contributed by atoms with E-state index in [-0.39, 0.29) is 5.50 Å². The first-order valence-corrected chi connectivity index (χ1v) is 5.73. The smallest absolute Gasteiger partial charge is 0.149 e. The Balaban J connectivity index is 2.32. The third-order valence-electron chi connectivity index (χ3n) is 2.30. The Morgan fingerprint density at radius 3 is 3.12 bits per heavy atom. The average Bonchev–Trinajstić information content (AvgIpc) is 2.31. The number of rotatable bonds is 3. The maximum absolute atomic E-state index is 6.22. The third kappa shape index (κ3) is 2.19. The van der Waals surface area contributed by atoms with Crippen LogP contribution in [0.1, 0.15) is 6.92 Å². The molecule has 1 aromatic rings. The van der Waals surface area contributed by atoms with Crippen LogP contribution in [-0.4, -0.2) is 17.0 Å². The molecule has 2 rings (SSSR count). The number of alkyl halides is 1. The van der Waals surface area contributed by atoms with E-state index < -0.39 is 0 Å². The second-order valence-corrected chi connectivity index (χ2v) is 3.85. The maximum atomic E-state index is 6.22. The zero-order valence-corrected chi connectivity index (χ0v) is 9.85. The van der Waals surface area contributed by atoms with Crippen LogP contribution in [0, 0.1) is 0 Å². The first kappa shape index (κ1) is 11.0. The van der Waals surface area contributed by atoms with E-state index in [2.05, 4.69) is 10.3 Å². The zero-order chi connectivity index (χ0) is 11.4. The fraction of sp³-hybridized carbons (Fsp3) is 0.250. The fourth-order valence-corrected chi connectivity index (χ4v) is 1.85. The molecule has 2 heterocycles. The number of hydrogen-bond acceptors (Lipinski definition) is 3. The lowest BCUT2D eigenvalue weighted by Gasteiger charge is -2.27. The Kier molecular flexibility index (Phi) is 3.47. The first-order valence-electron chi connectivity index (χ1n) is 5.29. The van der Waals surface area contributed by atoms with Crippen molar-refractivity contribution in [3.63, 3.8) is 0 Å². The van der Waals surface area contributed by atoms with E-state index in [1.165, 1.54) is 0 Å². The second kappa shape index (κ2) is 5.03. The highest BCUT2D eigenvalue weighted by molar-refractivity contribution is 6.23. The number of pyridine rings is 1. The molecule has 1 N–H and O–H groups in total. The lowest BCUT2D eigenvalue weighted by molar-refractivity contribution is 0.991. The summed E-state index contributed by atoms with van der Waals surface area (Å²) in [6.07, 6.45) is 9.56. The zero-order valence-electron chi connectivity index (χ0n) is 9.10. The average molecular weight is 236 g/mol. The second-order valence-electron chi connectivity index (χ2n) is 3.41. The Morgan fingerprint density at radius 1 is 1.50 bits per heavy atom. The summed E-state index contributed by atoms with van der Waals surface area (Å²) < 4.78 is 0. The van der Waals surface area contributed by atoms with Gasteiger partial charge >= 0.3 is 0 Å². The van der Waals surface area contributed by atoms with Gasteiger partial charge in [0.2, 0.25) is 0 Å². The van der Waals surface area contributed by atoms with Crippen molar-refractivity contribution in [2.45, 2.75) is 12.4 Å². The van der Waals surface area contributed by atoms with Crippen molar-refractivity contribution in [1.82, 2.24) is 4.98 Å². The molecule has 1 aromatic heterocycles. The molecule has 1 unspecified atom stereocenters. The van der Waals surface area contributed by atoms with Crippen molar-refractivity contribution >= 4 is 23.1 Å². The van der Waals surface area contributed by atoms with Gasteiger partial charge in [-0.2, -0.15) is 0 Å². The van der Waals surface area contributed by atoms with Crippen molar-refractivity contribution < 1.29 is 0 Å². The highest BCUT2D eigenvalue weighted by Gasteiger charge is 2.16. The van der Waals surface area contributed by atoms with Crippen molar-refractivity contribution in [3.8, 4) is 0 Å². The van der Waals surface area contributed by atoms with Crippen molar-refractivity contribution in [3.05, 3.63) is 42.8 Å². The van der Waals surface area contributed by atoms with Gasteiger partial charge in [0.15, 0.2) is 0 Å². The molecule has 0 radical (unpaired) electrons. The van der Waals surface area contributed by atoms with Gasteiger partial charge in [-0.3, -0.25) is 0 Å². The van der Waals surface area contributed by atoms with Crippen molar-refractivity contribution in [2.24, 2.45) is 0 Å². The van der Waals surface area contributed by atoms with Crippen LogP contribution >= 0.6 is 11.6 Å². The molecule has 1 aliphatic heterocycles. The van der Waals surface area contributed by atoms with Crippen LogP contribution in [0.3, 0.4) is 0 Å². The van der Waals surface area contributed by atoms with Crippen LogP contribution in [0.5, 0.6) is 0 Å². The Morgan fingerprint density at radius 2 is 2.38 bits per heavy atom. The molecule has 0 bridgehead atoms. The van der Waals surface area contributed by atoms with Gasteiger partial charge in [-0.1, -0.05) is 17.7 Å². The van der Waals surface area contributed by atoms with E-state index in [0.717, 1.165) is 18.1 Å². The minimum Gasteiger partial charge on any atom is -0.369 e. The molecule has 0 aliphatic carbocycles. The van der Waals surface area contributed by atoms with Crippen molar-refractivity contribution in [2.75, 3.05) is 16.8 Å². The van der Waals surface area contributed by atoms with Gasteiger partial charge in [0, 0.05) is 18.9 Å². The maximum Gasteiger partial charge on any atom is 0.149 e. The van der Waals surface area contributed by atoms with E-state index in [0.29, 0.717) is 0 Å². The predicted octanol–water partition coefficient (Wildman–Crippen LogP) is 2.97. The molecule has 84 valence electrons. The summed E-state index contributed by atoms with van der Waals surface area (Å²) in [6.45, 7) is 2.88. The summed E-state index contributed by atoms with van der Waals surface area (Å²) in [5.74, 6) is 0.857. The van der Waals surface area contributed by atoms with Crippen LogP contribution < -0.4 is 10.2 Å². The van der Waals surface area contributed by atoms with E-state index in [1.54, 1.807) is 6.20 Å². The van der Waals surface area contributed by atoms with E-state index in [1.807, 2.05) is 48.4 Å². The highest BCUT2D eigenvalue weighted by Crippen LogP contribution is 2.28. The van der Waals surface area contributed by atoms with Gasteiger partial charge in [-0.05, 0) is 31.2 Å². The Bertz CT molecular complexity index is 414. The minimum atomic E-state index is -0.161. The van der Waals surface area contributed by atoms with Gasteiger partial charge in [-0.25, -0.2) is 4.98 Å². The molecule has 1 aliphatic rings. The molecule has 3 nitrogen and oxygen atoms in total. The summed E-state index contributed by atoms with van der Waals surface area (Å²) in [7, 11) is 0. The third-order valence-corrected chi connectivity index (χ3v) is 2.66. The quantitative estimate of drug-likeness (QED) is 0.645. The van der Waals surface area contributed by atoms with Crippen LogP contribution in [0.2, 0.25) is 0 Å². The molecular weight excluding hydrogens is 222 g/mol. The molecule has 4 heteroatoms. The number of nitrogens with one attached hydrogen (secondary N) is 1. The van der Waals surface area contributed by atoms with Gasteiger partial charge in [0.1, 0.15) is 11.3 Å². The molecule has 0 spiro atoms. The Labute approximate surface area is 100 Å².